The third kappa shape index (κ3) is 5.75. The summed E-state index contributed by atoms with van der Waals surface area (Å²) < 4.78 is 29.9. The van der Waals surface area contributed by atoms with Gasteiger partial charge in [0.2, 0.25) is 0 Å². The Balaban J connectivity index is 1.13. The minimum absolute atomic E-state index is 0.0994. The molecule has 0 aliphatic heterocycles. The molecule has 0 aromatic heterocycles. The van der Waals surface area contributed by atoms with Crippen molar-refractivity contribution >= 4 is 5.69 Å². The van der Waals surface area contributed by atoms with Gasteiger partial charge in [-0.1, -0.05) is 109 Å². The second kappa shape index (κ2) is 14.1. The van der Waals surface area contributed by atoms with Gasteiger partial charge in [-0.15, -0.1) is 0 Å². The molecule has 0 saturated heterocycles. The molecule has 1 nitrogen and oxygen atoms in total. The first-order valence-corrected chi connectivity index (χ1v) is 21.1. The number of halogens is 2. The van der Waals surface area contributed by atoms with Crippen molar-refractivity contribution in [2.75, 3.05) is 4.90 Å². The number of hydrogen-bond donors (Lipinski definition) is 0. The Labute approximate surface area is 321 Å². The van der Waals surface area contributed by atoms with Crippen LogP contribution in [0.1, 0.15) is 81.8 Å². The highest BCUT2D eigenvalue weighted by molar-refractivity contribution is 5.78. The Hall–Kier alpha value is -4.24. The molecule has 0 spiro atoms. The van der Waals surface area contributed by atoms with Crippen molar-refractivity contribution in [1.82, 2.24) is 0 Å². The lowest BCUT2D eigenvalue weighted by Gasteiger charge is -2.43. The van der Waals surface area contributed by atoms with Crippen molar-refractivity contribution in [3.8, 4) is 0 Å². The van der Waals surface area contributed by atoms with E-state index < -0.39 is 17.8 Å². The summed E-state index contributed by atoms with van der Waals surface area (Å²) >= 11 is 0. The van der Waals surface area contributed by atoms with E-state index in [0.717, 1.165) is 38.5 Å². The molecular formula is C51H53F2N. The molecule has 9 aliphatic carbocycles. The van der Waals surface area contributed by atoms with Crippen LogP contribution in [0.5, 0.6) is 0 Å². The Morgan fingerprint density at radius 1 is 0.704 bits per heavy atom. The zero-order chi connectivity index (χ0) is 36.2. The molecule has 0 heterocycles. The summed E-state index contributed by atoms with van der Waals surface area (Å²) in [5, 5.41) is 0. The van der Waals surface area contributed by atoms with Gasteiger partial charge >= 0.3 is 0 Å². The van der Waals surface area contributed by atoms with E-state index >= 15 is 0 Å². The topological polar surface area (TPSA) is 3.24 Å². The van der Waals surface area contributed by atoms with E-state index in [1.54, 1.807) is 6.08 Å². The molecule has 1 aromatic carbocycles. The number of hydrogen-bond acceptors (Lipinski definition) is 1. The van der Waals surface area contributed by atoms with E-state index in [1.807, 2.05) is 0 Å². The molecule has 0 saturated carbocycles. The fraction of sp³-hybridized carbons (Fsp3) is 0.412. The standard InChI is InChI=1S/C51H53F2N/c52-41-22-18-39(19-23-41)51(40-20-24-42(53)25-21-40)48-31-17-37-11-6-7-13-46(37)50(48)47-30-29-45(33-49(47)51)54(44-28-16-35-10-4-5-12-38(35)32-44)43-26-14-36(15-27-43)34-8-2-1-3-9-34/h1-3,6,8,11,14,16-20,22,26-28,30-34,36-37,41-42,45-46H,4-5,7,9-10,12-13,15,21,23-25,29H2. The van der Waals surface area contributed by atoms with Gasteiger partial charge in [0.1, 0.15) is 12.3 Å². The number of benzene rings is 1. The summed E-state index contributed by atoms with van der Waals surface area (Å²) in [5.41, 5.74) is 13.1. The molecule has 10 rings (SSSR count). The van der Waals surface area contributed by atoms with E-state index in [2.05, 4.69) is 120 Å². The molecule has 0 bridgehead atoms. The van der Waals surface area contributed by atoms with Crippen molar-refractivity contribution in [1.29, 1.82) is 0 Å². The molecule has 276 valence electrons. The van der Waals surface area contributed by atoms with Crippen molar-refractivity contribution in [3.63, 3.8) is 0 Å². The van der Waals surface area contributed by atoms with Crippen LogP contribution < -0.4 is 4.90 Å². The van der Waals surface area contributed by atoms with Crippen molar-refractivity contribution in [2.24, 2.45) is 29.1 Å². The lowest BCUT2D eigenvalue weighted by atomic mass is 9.61. The first kappa shape index (κ1) is 34.3. The van der Waals surface area contributed by atoms with E-state index in [1.165, 1.54) is 75.2 Å². The zero-order valence-corrected chi connectivity index (χ0v) is 31.5. The molecule has 0 radical (unpaired) electrons. The minimum Gasteiger partial charge on any atom is -0.335 e. The number of rotatable bonds is 6. The third-order valence-electron chi connectivity index (χ3n) is 14.1. The van der Waals surface area contributed by atoms with Crippen LogP contribution in [0, 0.1) is 29.1 Å². The average molecular weight is 718 g/mol. The van der Waals surface area contributed by atoms with Gasteiger partial charge in [0.25, 0.3) is 0 Å². The maximum atomic E-state index is 15.0. The summed E-state index contributed by atoms with van der Waals surface area (Å²) in [6, 6.07) is 7.37. The largest absolute Gasteiger partial charge is 0.335 e. The summed E-state index contributed by atoms with van der Waals surface area (Å²) in [6.45, 7) is 0. The summed E-state index contributed by atoms with van der Waals surface area (Å²) in [4.78, 5) is 2.64. The second-order valence-corrected chi connectivity index (χ2v) is 17.1. The first-order chi connectivity index (χ1) is 26.6. The van der Waals surface area contributed by atoms with Crippen LogP contribution in [0.4, 0.5) is 14.5 Å². The molecule has 1 aromatic rings. The van der Waals surface area contributed by atoms with E-state index in [-0.39, 0.29) is 6.04 Å². The molecule has 0 amide bonds. The van der Waals surface area contributed by atoms with Gasteiger partial charge in [-0.05, 0) is 152 Å². The Morgan fingerprint density at radius 3 is 2.41 bits per heavy atom. The summed E-state index contributed by atoms with van der Waals surface area (Å²) in [6.07, 6.45) is 49.9. The van der Waals surface area contributed by atoms with Crippen molar-refractivity contribution in [3.05, 3.63) is 172 Å². The van der Waals surface area contributed by atoms with Gasteiger partial charge in [-0.25, -0.2) is 8.78 Å². The third-order valence-corrected chi connectivity index (χ3v) is 14.1. The number of anilines is 1. The second-order valence-electron chi connectivity index (χ2n) is 17.1. The van der Waals surface area contributed by atoms with Gasteiger partial charge < -0.3 is 4.90 Å². The van der Waals surface area contributed by atoms with Crippen LogP contribution in [0.25, 0.3) is 0 Å². The molecular weight excluding hydrogens is 665 g/mol. The number of fused-ring (bicyclic) bond motifs is 5. The lowest BCUT2D eigenvalue weighted by molar-refractivity contribution is 0.300. The van der Waals surface area contributed by atoms with Crippen LogP contribution in [0.3, 0.4) is 0 Å². The number of nitrogens with zero attached hydrogens (tertiary/aromatic N) is 1. The molecule has 3 heteroatoms. The van der Waals surface area contributed by atoms with Crippen molar-refractivity contribution < 1.29 is 8.78 Å². The molecule has 0 fully saturated rings. The first-order valence-electron chi connectivity index (χ1n) is 21.1. The number of allylic oxidation sites excluding steroid dienone is 21. The van der Waals surface area contributed by atoms with E-state index in [0.29, 0.717) is 49.4 Å². The Bertz CT molecular complexity index is 2090. The molecule has 8 atom stereocenters. The molecule has 0 N–H and O–H groups in total. The van der Waals surface area contributed by atoms with Gasteiger partial charge in [0, 0.05) is 23.7 Å². The van der Waals surface area contributed by atoms with Crippen molar-refractivity contribution in [2.45, 2.75) is 102 Å². The highest BCUT2D eigenvalue weighted by Crippen LogP contribution is 2.66. The number of aryl methyl sites for hydroxylation is 2. The SMILES string of the molecule is FC1C=CC(C2(C3=CCC(F)CC3)C3=CC(N(C4=CCC(C5C=CC=CC5)C=C4)c4ccc5c(c4)CCCC5)CC=C3C3=C2C=CC2C=CCCC32)=CC1. The van der Waals surface area contributed by atoms with Crippen LogP contribution >= 0.6 is 0 Å². The zero-order valence-electron chi connectivity index (χ0n) is 31.5. The Morgan fingerprint density at radius 2 is 1.61 bits per heavy atom. The quantitative estimate of drug-likeness (QED) is 0.265. The van der Waals surface area contributed by atoms with Gasteiger partial charge in [-0.3, -0.25) is 0 Å². The van der Waals surface area contributed by atoms with E-state index in [4.69, 9.17) is 0 Å². The maximum absolute atomic E-state index is 15.0. The maximum Gasteiger partial charge on any atom is 0.122 e. The predicted octanol–water partition coefficient (Wildman–Crippen LogP) is 12.7. The highest BCUT2D eigenvalue weighted by Gasteiger charge is 2.55. The van der Waals surface area contributed by atoms with Gasteiger partial charge in [-0.2, -0.15) is 0 Å². The van der Waals surface area contributed by atoms with Gasteiger partial charge in [0.05, 0.1) is 11.5 Å². The van der Waals surface area contributed by atoms with Crippen LogP contribution in [-0.2, 0) is 12.8 Å². The fourth-order valence-electron chi connectivity index (χ4n) is 11.5. The number of alkyl halides is 2. The molecule has 54 heavy (non-hydrogen) atoms. The van der Waals surface area contributed by atoms with Crippen LogP contribution in [0.2, 0.25) is 0 Å². The average Bonchev–Trinajstić information content (AvgIpc) is 3.53. The molecule has 8 unspecified atom stereocenters. The monoisotopic (exact) mass is 717 g/mol. The highest BCUT2D eigenvalue weighted by atomic mass is 19.1. The summed E-state index contributed by atoms with van der Waals surface area (Å²) in [5.74, 6) is 1.85. The lowest BCUT2D eigenvalue weighted by Crippen LogP contribution is -2.37. The fourth-order valence-corrected chi connectivity index (χ4v) is 11.5. The smallest absolute Gasteiger partial charge is 0.122 e. The molecule has 9 aliphatic rings. The minimum atomic E-state index is -0.970. The predicted molar refractivity (Wildman–Crippen MR) is 219 cm³/mol. The van der Waals surface area contributed by atoms with Gasteiger partial charge in [0.15, 0.2) is 0 Å². The van der Waals surface area contributed by atoms with Crippen LogP contribution in [-0.4, -0.2) is 18.4 Å². The Kier molecular flexibility index (Phi) is 8.96. The van der Waals surface area contributed by atoms with E-state index in [9.17, 15) is 8.78 Å². The normalized spacial score (nSPS) is 34.9. The van der Waals surface area contributed by atoms with Crippen LogP contribution in [0.15, 0.2) is 161 Å². The summed E-state index contributed by atoms with van der Waals surface area (Å²) in [7, 11) is 0.